The Morgan fingerprint density at radius 1 is 1.42 bits per heavy atom. The zero-order valence-electron chi connectivity index (χ0n) is 12.3. The Balaban J connectivity index is 1.81. The maximum Gasteiger partial charge on any atom is 0.157 e. The fourth-order valence-electron chi connectivity index (χ4n) is 3.45. The molecule has 3 unspecified atom stereocenters. The summed E-state index contributed by atoms with van der Waals surface area (Å²) in [6, 6.07) is 0. The molecule has 2 nitrogen and oxygen atoms in total. The molecule has 2 fully saturated rings. The summed E-state index contributed by atoms with van der Waals surface area (Å²) in [6.07, 6.45) is 10.3. The average Bonchev–Trinajstić information content (AvgIpc) is 2.43. The highest BCUT2D eigenvalue weighted by Crippen LogP contribution is 2.46. The smallest absolute Gasteiger partial charge is 0.157 e. The van der Waals surface area contributed by atoms with Crippen LogP contribution in [-0.2, 0) is 9.47 Å². The molecule has 0 bridgehead atoms. The fourth-order valence-corrected chi connectivity index (χ4v) is 3.45. The Labute approximate surface area is 117 Å². The highest BCUT2D eigenvalue weighted by molar-refractivity contribution is 5.14. The van der Waals surface area contributed by atoms with E-state index in [-0.39, 0.29) is 11.7 Å². The summed E-state index contributed by atoms with van der Waals surface area (Å²) in [5.41, 5.74) is 1.58. The highest BCUT2D eigenvalue weighted by atomic mass is 16.7. The van der Waals surface area contributed by atoms with Gasteiger partial charge in [-0.2, -0.15) is 0 Å². The molecule has 0 aromatic heterocycles. The lowest BCUT2D eigenvalue weighted by Gasteiger charge is -2.41. The second kappa shape index (κ2) is 6.71. The summed E-state index contributed by atoms with van der Waals surface area (Å²) in [4.78, 5) is 0. The average molecular weight is 264 g/mol. The molecule has 1 aliphatic heterocycles. The molecule has 108 valence electrons. The van der Waals surface area contributed by atoms with E-state index < -0.39 is 0 Å². The van der Waals surface area contributed by atoms with Gasteiger partial charge in [0.15, 0.2) is 6.29 Å². The molecule has 1 saturated heterocycles. The molecule has 1 heterocycles. The van der Waals surface area contributed by atoms with Crippen molar-refractivity contribution < 1.29 is 9.47 Å². The third-order valence-corrected chi connectivity index (χ3v) is 4.82. The van der Waals surface area contributed by atoms with Crippen molar-refractivity contribution in [1.29, 1.82) is 0 Å². The van der Waals surface area contributed by atoms with Crippen LogP contribution < -0.4 is 0 Å². The second-order valence-corrected chi connectivity index (χ2v) is 6.23. The third-order valence-electron chi connectivity index (χ3n) is 4.82. The van der Waals surface area contributed by atoms with Crippen LogP contribution in [0.3, 0.4) is 0 Å². The van der Waals surface area contributed by atoms with E-state index in [0.717, 1.165) is 32.5 Å². The van der Waals surface area contributed by atoms with Gasteiger partial charge in [-0.05, 0) is 56.3 Å². The van der Waals surface area contributed by atoms with Gasteiger partial charge in [-0.15, -0.1) is 6.58 Å². The van der Waals surface area contributed by atoms with Gasteiger partial charge in [-0.3, -0.25) is 0 Å². The number of hydrogen-bond donors (Lipinski definition) is 0. The first-order chi connectivity index (χ1) is 9.15. The predicted octanol–water partition coefficient (Wildman–Crippen LogP) is 4.47. The molecule has 2 rings (SSSR count). The first-order valence-corrected chi connectivity index (χ1v) is 7.70. The van der Waals surface area contributed by atoms with Gasteiger partial charge < -0.3 is 9.47 Å². The van der Waals surface area contributed by atoms with Crippen LogP contribution in [0.1, 0.15) is 51.9 Å². The summed E-state index contributed by atoms with van der Waals surface area (Å²) < 4.78 is 11.5. The van der Waals surface area contributed by atoms with Crippen molar-refractivity contribution in [3.05, 3.63) is 24.8 Å². The monoisotopic (exact) mass is 264 g/mol. The van der Waals surface area contributed by atoms with E-state index in [2.05, 4.69) is 26.2 Å². The minimum Gasteiger partial charge on any atom is -0.353 e. The van der Waals surface area contributed by atoms with Crippen LogP contribution in [-0.4, -0.2) is 19.5 Å². The summed E-state index contributed by atoms with van der Waals surface area (Å²) >= 11 is 0. The van der Waals surface area contributed by atoms with E-state index in [1.807, 2.05) is 0 Å². The summed E-state index contributed by atoms with van der Waals surface area (Å²) in [6.45, 7) is 12.2. The van der Waals surface area contributed by atoms with E-state index in [0.29, 0.717) is 5.92 Å². The third kappa shape index (κ3) is 3.70. The van der Waals surface area contributed by atoms with Crippen molar-refractivity contribution in [3.8, 4) is 0 Å². The molecule has 0 amide bonds. The molecule has 1 saturated carbocycles. The Bertz CT molecular complexity index is 317. The predicted molar refractivity (Wildman–Crippen MR) is 78.9 cm³/mol. The lowest BCUT2D eigenvalue weighted by atomic mass is 9.64. The van der Waals surface area contributed by atoms with Gasteiger partial charge in [0.25, 0.3) is 0 Å². The SMILES string of the molecule is C=CC1(C)CCCC(=C)C1CCOC1CCCCO1. The molecule has 0 radical (unpaired) electrons. The van der Waals surface area contributed by atoms with Gasteiger partial charge in [-0.1, -0.05) is 25.2 Å². The van der Waals surface area contributed by atoms with Crippen LogP contribution in [0, 0.1) is 11.3 Å². The normalized spacial score (nSPS) is 36.2. The van der Waals surface area contributed by atoms with Crippen molar-refractivity contribution in [3.63, 3.8) is 0 Å². The Hall–Kier alpha value is -0.600. The Morgan fingerprint density at radius 2 is 2.26 bits per heavy atom. The molecule has 2 heteroatoms. The molecule has 19 heavy (non-hydrogen) atoms. The minimum atomic E-state index is 0.0283. The van der Waals surface area contributed by atoms with Gasteiger partial charge in [0, 0.05) is 6.61 Å². The van der Waals surface area contributed by atoms with Crippen molar-refractivity contribution in [2.45, 2.75) is 58.2 Å². The Kier molecular flexibility index (Phi) is 5.23. The zero-order valence-corrected chi connectivity index (χ0v) is 12.3. The van der Waals surface area contributed by atoms with Crippen molar-refractivity contribution >= 4 is 0 Å². The molecular formula is C17H28O2. The van der Waals surface area contributed by atoms with Crippen LogP contribution in [0.4, 0.5) is 0 Å². The van der Waals surface area contributed by atoms with Gasteiger partial charge in [0.05, 0.1) is 6.61 Å². The highest BCUT2D eigenvalue weighted by Gasteiger charge is 2.35. The lowest BCUT2D eigenvalue weighted by molar-refractivity contribution is -0.164. The van der Waals surface area contributed by atoms with E-state index in [9.17, 15) is 0 Å². The largest absolute Gasteiger partial charge is 0.353 e. The van der Waals surface area contributed by atoms with Gasteiger partial charge in [0.2, 0.25) is 0 Å². The second-order valence-electron chi connectivity index (χ2n) is 6.23. The maximum absolute atomic E-state index is 5.87. The quantitative estimate of drug-likeness (QED) is 0.682. The van der Waals surface area contributed by atoms with Gasteiger partial charge in [-0.25, -0.2) is 0 Å². The Morgan fingerprint density at radius 3 is 2.95 bits per heavy atom. The van der Waals surface area contributed by atoms with E-state index in [1.165, 1.54) is 31.3 Å². The van der Waals surface area contributed by atoms with Crippen molar-refractivity contribution in [2.75, 3.05) is 13.2 Å². The lowest BCUT2D eigenvalue weighted by Crippen LogP contribution is -2.32. The van der Waals surface area contributed by atoms with Crippen LogP contribution in [0.5, 0.6) is 0 Å². The van der Waals surface area contributed by atoms with E-state index in [4.69, 9.17) is 9.47 Å². The molecule has 3 atom stereocenters. The maximum atomic E-state index is 5.87. The van der Waals surface area contributed by atoms with Crippen LogP contribution in [0.15, 0.2) is 24.8 Å². The van der Waals surface area contributed by atoms with E-state index in [1.54, 1.807) is 0 Å². The summed E-state index contributed by atoms with van der Waals surface area (Å²) in [7, 11) is 0. The number of ether oxygens (including phenoxy) is 2. The van der Waals surface area contributed by atoms with Crippen molar-refractivity contribution in [1.82, 2.24) is 0 Å². The fraction of sp³-hybridized carbons (Fsp3) is 0.765. The molecule has 0 N–H and O–H groups in total. The molecule has 2 aliphatic rings. The zero-order chi connectivity index (χ0) is 13.7. The number of rotatable bonds is 5. The van der Waals surface area contributed by atoms with Crippen LogP contribution in [0.2, 0.25) is 0 Å². The summed E-state index contributed by atoms with van der Waals surface area (Å²) in [5, 5.41) is 0. The van der Waals surface area contributed by atoms with Crippen molar-refractivity contribution in [2.24, 2.45) is 11.3 Å². The standard InChI is InChI=1S/C17H28O2/c1-4-17(3)11-7-8-14(2)15(17)10-13-19-16-9-5-6-12-18-16/h4,15-16H,1-2,5-13H2,3H3. The number of hydrogen-bond acceptors (Lipinski definition) is 2. The molecule has 1 aliphatic carbocycles. The van der Waals surface area contributed by atoms with Crippen LogP contribution in [0.25, 0.3) is 0 Å². The molecule has 0 spiro atoms. The van der Waals surface area contributed by atoms with Crippen LogP contribution >= 0.6 is 0 Å². The first kappa shape index (κ1) is 14.8. The topological polar surface area (TPSA) is 18.5 Å². The van der Waals surface area contributed by atoms with Gasteiger partial charge in [0.1, 0.15) is 0 Å². The molecule has 0 aromatic rings. The number of allylic oxidation sites excluding steroid dienone is 2. The molecule has 0 aromatic carbocycles. The van der Waals surface area contributed by atoms with E-state index >= 15 is 0 Å². The summed E-state index contributed by atoms with van der Waals surface area (Å²) in [5.74, 6) is 0.516. The minimum absolute atomic E-state index is 0.0283. The van der Waals surface area contributed by atoms with Gasteiger partial charge >= 0.3 is 0 Å². The molecular weight excluding hydrogens is 236 g/mol. The first-order valence-electron chi connectivity index (χ1n) is 7.70.